The molecule has 0 bridgehead atoms. The Labute approximate surface area is 64.9 Å². The standard InChI is InChI=1S/C7H18PS/c1-4-6-8(3,9)7-5-2/h9H,4-7H2,1-3H3/q+1. The third-order valence-electron chi connectivity index (χ3n) is 1.41. The fourth-order valence-electron chi connectivity index (χ4n) is 1.08. The van der Waals surface area contributed by atoms with E-state index in [9.17, 15) is 0 Å². The maximum atomic E-state index is 4.66. The Balaban J connectivity index is 3.43. The Morgan fingerprint density at radius 3 is 1.67 bits per heavy atom. The van der Waals surface area contributed by atoms with Gasteiger partial charge in [-0.15, -0.1) is 0 Å². The first-order chi connectivity index (χ1) is 4.12. The highest BCUT2D eigenvalue weighted by Crippen LogP contribution is 2.60. The van der Waals surface area contributed by atoms with Crippen LogP contribution in [-0.2, 0) is 0 Å². The van der Waals surface area contributed by atoms with Crippen LogP contribution in [0.3, 0.4) is 0 Å². The minimum absolute atomic E-state index is 0.748. The zero-order valence-corrected chi connectivity index (χ0v) is 8.51. The summed E-state index contributed by atoms with van der Waals surface area (Å²) in [7, 11) is 0. The molecule has 0 aliphatic carbocycles. The van der Waals surface area contributed by atoms with Crippen molar-refractivity contribution in [3.8, 4) is 0 Å². The van der Waals surface area contributed by atoms with Gasteiger partial charge in [-0.1, -0.05) is 13.8 Å². The molecule has 0 unspecified atom stereocenters. The molecule has 0 fully saturated rings. The molecule has 9 heavy (non-hydrogen) atoms. The number of hydrogen-bond acceptors (Lipinski definition) is 1. The molecular weight excluding hydrogens is 147 g/mol. The van der Waals surface area contributed by atoms with E-state index in [-0.39, 0.29) is 0 Å². The molecule has 0 aromatic rings. The van der Waals surface area contributed by atoms with Crippen molar-refractivity contribution >= 4 is 18.7 Å². The zero-order valence-electron chi connectivity index (χ0n) is 6.72. The largest absolute Gasteiger partial charge is 0.0690 e. The molecule has 0 saturated carbocycles. The van der Waals surface area contributed by atoms with Gasteiger partial charge in [0.2, 0.25) is 0 Å². The van der Waals surface area contributed by atoms with E-state index in [1.165, 1.54) is 25.2 Å². The van der Waals surface area contributed by atoms with Crippen molar-refractivity contribution in [3.05, 3.63) is 0 Å². The van der Waals surface area contributed by atoms with E-state index >= 15 is 0 Å². The lowest BCUT2D eigenvalue weighted by Crippen LogP contribution is -1.93. The van der Waals surface area contributed by atoms with Crippen LogP contribution in [0.4, 0.5) is 0 Å². The van der Waals surface area contributed by atoms with E-state index in [4.69, 9.17) is 0 Å². The van der Waals surface area contributed by atoms with E-state index in [0.717, 1.165) is 0 Å². The van der Waals surface area contributed by atoms with E-state index in [1.807, 2.05) is 0 Å². The maximum absolute atomic E-state index is 4.66. The highest BCUT2D eigenvalue weighted by atomic mass is 32.7. The van der Waals surface area contributed by atoms with E-state index in [1.54, 1.807) is 0 Å². The van der Waals surface area contributed by atoms with Gasteiger partial charge in [0.1, 0.15) is 0 Å². The van der Waals surface area contributed by atoms with Crippen LogP contribution < -0.4 is 0 Å². The second-order valence-corrected chi connectivity index (χ2v) is 9.26. The summed E-state index contributed by atoms with van der Waals surface area (Å²) < 4.78 is 0. The number of rotatable bonds is 4. The van der Waals surface area contributed by atoms with E-state index in [0.29, 0.717) is 0 Å². The monoisotopic (exact) mass is 165 g/mol. The highest BCUT2D eigenvalue weighted by molar-refractivity contribution is 8.52. The molecule has 0 amide bonds. The molecule has 56 valence electrons. The molecule has 0 saturated heterocycles. The summed E-state index contributed by atoms with van der Waals surface area (Å²) >= 11 is 4.66. The van der Waals surface area contributed by atoms with Crippen LogP contribution >= 0.6 is 18.7 Å². The molecule has 0 aliphatic heterocycles. The van der Waals surface area contributed by atoms with Crippen molar-refractivity contribution in [1.82, 2.24) is 0 Å². The third-order valence-corrected chi connectivity index (χ3v) is 5.43. The number of thiol groups is 1. The summed E-state index contributed by atoms with van der Waals surface area (Å²) in [5, 5.41) is 0. The van der Waals surface area contributed by atoms with Gasteiger partial charge in [0.25, 0.3) is 0 Å². The van der Waals surface area contributed by atoms with Gasteiger partial charge in [0.05, 0.1) is 25.5 Å². The van der Waals surface area contributed by atoms with Gasteiger partial charge < -0.3 is 0 Å². The maximum Gasteiger partial charge on any atom is 0.0690 e. The van der Waals surface area contributed by atoms with Gasteiger partial charge in [-0.05, 0) is 12.8 Å². The van der Waals surface area contributed by atoms with Gasteiger partial charge in [-0.25, -0.2) is 0 Å². The number of hydrogen-bond donors (Lipinski definition) is 1. The van der Waals surface area contributed by atoms with Crippen molar-refractivity contribution in [2.45, 2.75) is 26.7 Å². The average Bonchev–Trinajstić information content (AvgIpc) is 1.64. The molecule has 0 aromatic carbocycles. The third kappa shape index (κ3) is 5.24. The summed E-state index contributed by atoms with van der Waals surface area (Å²) in [5.41, 5.74) is 0. The molecule has 0 atom stereocenters. The van der Waals surface area contributed by atoms with Crippen molar-refractivity contribution in [2.24, 2.45) is 0 Å². The van der Waals surface area contributed by atoms with Crippen LogP contribution in [0.25, 0.3) is 0 Å². The van der Waals surface area contributed by atoms with Crippen LogP contribution in [0.15, 0.2) is 0 Å². The smallest absolute Gasteiger partial charge is 0.0619 e. The lowest BCUT2D eigenvalue weighted by atomic mass is 10.6. The predicted molar refractivity (Wildman–Crippen MR) is 52.1 cm³/mol. The normalized spacial score (nSPS) is 12.0. The zero-order chi connectivity index (χ0) is 7.33. The van der Waals surface area contributed by atoms with Crippen LogP contribution in [0.2, 0.25) is 0 Å². The quantitative estimate of drug-likeness (QED) is 0.479. The van der Waals surface area contributed by atoms with E-state index in [2.05, 4.69) is 32.8 Å². The lowest BCUT2D eigenvalue weighted by Gasteiger charge is -2.13. The molecule has 0 rings (SSSR count). The van der Waals surface area contributed by atoms with Crippen LogP contribution in [0, 0.1) is 0 Å². The van der Waals surface area contributed by atoms with Crippen molar-refractivity contribution < 1.29 is 0 Å². The van der Waals surface area contributed by atoms with Gasteiger partial charge in [-0.2, -0.15) is 0 Å². The summed E-state index contributed by atoms with van der Waals surface area (Å²) in [4.78, 5) is 0. The van der Waals surface area contributed by atoms with Crippen LogP contribution in [-0.4, -0.2) is 19.0 Å². The average molecular weight is 165 g/mol. The van der Waals surface area contributed by atoms with Crippen LogP contribution in [0.1, 0.15) is 26.7 Å². The molecular formula is C7H18PS+. The lowest BCUT2D eigenvalue weighted by molar-refractivity contribution is 1.05. The first-order valence-electron chi connectivity index (χ1n) is 3.69. The summed E-state index contributed by atoms with van der Waals surface area (Å²) in [6, 6.07) is 0. The fraction of sp³-hybridized carbons (Fsp3) is 1.00. The predicted octanol–water partition coefficient (Wildman–Crippen LogP) is 3.30. The topological polar surface area (TPSA) is 0 Å². The van der Waals surface area contributed by atoms with Gasteiger partial charge >= 0.3 is 0 Å². The SMILES string of the molecule is CCC[P+](C)(S)CCC. The second kappa shape index (κ2) is 4.57. The Bertz CT molecular complexity index is 63.3. The molecule has 0 N–H and O–H groups in total. The molecule has 0 heterocycles. The van der Waals surface area contributed by atoms with Crippen molar-refractivity contribution in [3.63, 3.8) is 0 Å². The van der Waals surface area contributed by atoms with E-state index < -0.39 is 6.46 Å². The Hall–Kier alpha value is 0.780. The Morgan fingerprint density at radius 2 is 1.44 bits per heavy atom. The van der Waals surface area contributed by atoms with Crippen molar-refractivity contribution in [2.75, 3.05) is 19.0 Å². The molecule has 0 nitrogen and oxygen atoms in total. The minimum atomic E-state index is -0.748. The Morgan fingerprint density at radius 1 is 1.11 bits per heavy atom. The van der Waals surface area contributed by atoms with Gasteiger partial charge in [0, 0.05) is 12.2 Å². The molecule has 0 aliphatic rings. The first kappa shape index (κ1) is 9.78. The molecule has 0 radical (unpaired) electrons. The van der Waals surface area contributed by atoms with Crippen LogP contribution in [0.5, 0.6) is 0 Å². The highest BCUT2D eigenvalue weighted by Gasteiger charge is 2.23. The van der Waals surface area contributed by atoms with Gasteiger partial charge in [0.15, 0.2) is 0 Å². The molecule has 2 heteroatoms. The first-order valence-corrected chi connectivity index (χ1v) is 7.45. The second-order valence-electron chi connectivity index (χ2n) is 2.79. The van der Waals surface area contributed by atoms with Gasteiger partial charge in [-0.3, -0.25) is 0 Å². The fourth-order valence-corrected chi connectivity index (χ4v) is 4.43. The summed E-state index contributed by atoms with van der Waals surface area (Å²) in [5.74, 6) is 0. The van der Waals surface area contributed by atoms with Crippen molar-refractivity contribution in [1.29, 1.82) is 0 Å². The summed E-state index contributed by atoms with van der Waals surface area (Å²) in [6.45, 7) is 6.07. The Kier molecular flexibility index (Phi) is 4.97. The molecule has 0 aromatic heterocycles. The molecule has 0 spiro atoms. The minimum Gasteiger partial charge on any atom is -0.0619 e. The summed E-state index contributed by atoms with van der Waals surface area (Å²) in [6.07, 6.45) is 5.30.